The maximum absolute atomic E-state index is 13.5. The summed E-state index contributed by atoms with van der Waals surface area (Å²) in [6, 6.07) is 12.5. The van der Waals surface area contributed by atoms with Gasteiger partial charge in [0.2, 0.25) is 11.8 Å². The number of hydrogen-bond acceptors (Lipinski definition) is 5. The Balaban J connectivity index is 1.51. The molecule has 1 aliphatic carbocycles. The van der Waals surface area contributed by atoms with E-state index in [1.54, 1.807) is 67.7 Å². The standard InChI is InChI=1S/C28H35N3O5/c1-35-22-14-10-19(11-15-22)25(27(33)29-21-12-16-23(36-2)17-13-21)30-26(32)24-9-6-18-31(24)28(34)20-7-4-3-5-8-20/h10-17,20,24-25H,3-9,18H2,1-2H3,(H,29,33)(H,30,32)/t24-,25-/m0/s1. The van der Waals surface area contributed by atoms with E-state index in [4.69, 9.17) is 9.47 Å². The minimum Gasteiger partial charge on any atom is -0.497 e. The van der Waals surface area contributed by atoms with E-state index in [0.717, 1.165) is 32.1 Å². The van der Waals surface area contributed by atoms with Crippen molar-refractivity contribution in [3.05, 3.63) is 54.1 Å². The minimum absolute atomic E-state index is 0.00269. The van der Waals surface area contributed by atoms with Gasteiger partial charge in [0.05, 0.1) is 14.2 Å². The van der Waals surface area contributed by atoms with Crippen molar-refractivity contribution in [3.8, 4) is 11.5 Å². The zero-order valence-electron chi connectivity index (χ0n) is 21.0. The first kappa shape index (κ1) is 25.5. The molecule has 1 saturated heterocycles. The summed E-state index contributed by atoms with van der Waals surface area (Å²) in [7, 11) is 3.15. The van der Waals surface area contributed by atoms with Gasteiger partial charge in [-0.3, -0.25) is 14.4 Å². The first-order valence-corrected chi connectivity index (χ1v) is 12.7. The molecule has 3 amide bonds. The van der Waals surface area contributed by atoms with Gasteiger partial charge in [0.15, 0.2) is 0 Å². The first-order valence-electron chi connectivity index (χ1n) is 12.7. The molecule has 0 bridgehead atoms. The van der Waals surface area contributed by atoms with E-state index >= 15 is 0 Å². The number of anilines is 1. The number of nitrogens with one attached hydrogen (secondary N) is 2. The number of hydrogen-bond donors (Lipinski definition) is 2. The number of carbonyl (C=O) groups excluding carboxylic acids is 3. The van der Waals surface area contributed by atoms with Crippen molar-refractivity contribution in [2.75, 3.05) is 26.1 Å². The predicted molar refractivity (Wildman–Crippen MR) is 137 cm³/mol. The van der Waals surface area contributed by atoms with E-state index in [0.29, 0.717) is 35.7 Å². The average Bonchev–Trinajstić information content (AvgIpc) is 3.42. The van der Waals surface area contributed by atoms with Crippen molar-refractivity contribution >= 4 is 23.4 Å². The van der Waals surface area contributed by atoms with E-state index in [1.165, 1.54) is 6.42 Å². The molecule has 2 aliphatic rings. The summed E-state index contributed by atoms with van der Waals surface area (Å²) in [5.74, 6) is 0.736. The van der Waals surface area contributed by atoms with Crippen LogP contribution in [0.4, 0.5) is 5.69 Å². The minimum atomic E-state index is -0.933. The van der Waals surface area contributed by atoms with Gasteiger partial charge in [0.25, 0.3) is 5.91 Å². The summed E-state index contributed by atoms with van der Waals surface area (Å²) in [6.07, 6.45) is 6.45. The lowest BCUT2D eigenvalue weighted by Crippen LogP contribution is -2.50. The van der Waals surface area contributed by atoms with Crippen molar-refractivity contribution in [1.82, 2.24) is 10.2 Å². The number of nitrogens with zero attached hydrogens (tertiary/aromatic N) is 1. The molecule has 4 rings (SSSR count). The maximum atomic E-state index is 13.5. The molecule has 1 heterocycles. The molecule has 2 aromatic rings. The van der Waals surface area contributed by atoms with Crippen molar-refractivity contribution in [1.29, 1.82) is 0 Å². The van der Waals surface area contributed by atoms with Crippen molar-refractivity contribution in [3.63, 3.8) is 0 Å². The van der Waals surface area contributed by atoms with Gasteiger partial charge in [0, 0.05) is 18.2 Å². The van der Waals surface area contributed by atoms with Crippen LogP contribution in [0.15, 0.2) is 48.5 Å². The summed E-state index contributed by atoms with van der Waals surface area (Å²) >= 11 is 0. The fraction of sp³-hybridized carbons (Fsp3) is 0.464. The van der Waals surface area contributed by atoms with Gasteiger partial charge in [-0.15, -0.1) is 0 Å². The lowest BCUT2D eigenvalue weighted by molar-refractivity contribution is -0.142. The van der Waals surface area contributed by atoms with Crippen LogP contribution in [-0.2, 0) is 14.4 Å². The fourth-order valence-electron chi connectivity index (χ4n) is 5.11. The average molecular weight is 494 g/mol. The van der Waals surface area contributed by atoms with Gasteiger partial charge in [-0.2, -0.15) is 0 Å². The fourth-order valence-corrected chi connectivity index (χ4v) is 5.11. The molecule has 2 N–H and O–H groups in total. The van der Waals surface area contributed by atoms with E-state index in [9.17, 15) is 14.4 Å². The van der Waals surface area contributed by atoms with Crippen LogP contribution < -0.4 is 20.1 Å². The van der Waals surface area contributed by atoms with E-state index < -0.39 is 12.1 Å². The van der Waals surface area contributed by atoms with Gasteiger partial charge in [-0.05, 0) is 67.6 Å². The first-order chi connectivity index (χ1) is 17.5. The Morgan fingerprint density at radius 1 is 0.833 bits per heavy atom. The van der Waals surface area contributed by atoms with Gasteiger partial charge in [-0.1, -0.05) is 31.4 Å². The van der Waals surface area contributed by atoms with Crippen LogP contribution in [0.25, 0.3) is 0 Å². The van der Waals surface area contributed by atoms with Crippen LogP contribution >= 0.6 is 0 Å². The Morgan fingerprint density at radius 2 is 1.44 bits per heavy atom. The van der Waals surface area contributed by atoms with Gasteiger partial charge in [0.1, 0.15) is 23.6 Å². The molecule has 1 saturated carbocycles. The SMILES string of the molecule is COc1ccc(NC(=O)[C@@H](NC(=O)[C@@H]2CCCN2C(=O)C2CCCCC2)c2ccc(OC)cc2)cc1. The summed E-state index contributed by atoms with van der Waals surface area (Å²) < 4.78 is 10.4. The summed E-state index contributed by atoms with van der Waals surface area (Å²) in [6.45, 7) is 0.582. The predicted octanol–water partition coefficient (Wildman–Crippen LogP) is 4.07. The highest BCUT2D eigenvalue weighted by atomic mass is 16.5. The third-order valence-electron chi connectivity index (χ3n) is 7.15. The quantitative estimate of drug-likeness (QED) is 0.578. The highest BCUT2D eigenvalue weighted by molar-refractivity contribution is 5.99. The van der Waals surface area contributed by atoms with Crippen molar-refractivity contribution in [2.24, 2.45) is 5.92 Å². The second kappa shape index (κ2) is 11.9. The molecule has 192 valence electrons. The molecule has 2 aromatic carbocycles. The largest absolute Gasteiger partial charge is 0.497 e. The Bertz CT molecular complexity index is 1050. The molecule has 0 unspecified atom stereocenters. The Labute approximate surface area is 212 Å². The van der Waals surface area contributed by atoms with Crippen LogP contribution in [0.1, 0.15) is 56.6 Å². The molecule has 2 atom stereocenters. The zero-order chi connectivity index (χ0) is 25.5. The van der Waals surface area contributed by atoms with Crippen LogP contribution in [0.2, 0.25) is 0 Å². The lowest BCUT2D eigenvalue weighted by Gasteiger charge is -2.31. The Morgan fingerprint density at radius 3 is 2.06 bits per heavy atom. The van der Waals surface area contributed by atoms with E-state index in [1.807, 2.05) is 0 Å². The highest BCUT2D eigenvalue weighted by Crippen LogP contribution is 2.29. The van der Waals surface area contributed by atoms with Gasteiger partial charge in [-0.25, -0.2) is 0 Å². The van der Waals surface area contributed by atoms with Crippen LogP contribution in [0.5, 0.6) is 11.5 Å². The number of ether oxygens (including phenoxy) is 2. The zero-order valence-corrected chi connectivity index (χ0v) is 21.0. The topological polar surface area (TPSA) is 97.0 Å². The molecule has 2 fully saturated rings. The molecule has 36 heavy (non-hydrogen) atoms. The van der Waals surface area contributed by atoms with E-state index in [-0.39, 0.29) is 23.6 Å². The van der Waals surface area contributed by atoms with Gasteiger partial charge >= 0.3 is 0 Å². The normalized spacial score (nSPS) is 18.8. The molecule has 1 aliphatic heterocycles. The molecule has 0 radical (unpaired) electrons. The van der Waals surface area contributed by atoms with E-state index in [2.05, 4.69) is 10.6 Å². The number of rotatable bonds is 8. The lowest BCUT2D eigenvalue weighted by atomic mass is 9.88. The second-order valence-corrected chi connectivity index (χ2v) is 9.46. The Kier molecular flexibility index (Phi) is 8.46. The van der Waals surface area contributed by atoms with Crippen LogP contribution in [0.3, 0.4) is 0 Å². The molecule has 0 spiro atoms. The molecular formula is C28H35N3O5. The third-order valence-corrected chi connectivity index (χ3v) is 7.15. The Hall–Kier alpha value is -3.55. The smallest absolute Gasteiger partial charge is 0.251 e. The summed E-state index contributed by atoms with van der Waals surface area (Å²) in [4.78, 5) is 41.8. The number of amides is 3. The molecule has 8 heteroatoms. The number of methoxy groups -OCH3 is 2. The van der Waals surface area contributed by atoms with Crippen molar-refractivity contribution in [2.45, 2.75) is 57.0 Å². The van der Waals surface area contributed by atoms with Crippen molar-refractivity contribution < 1.29 is 23.9 Å². The van der Waals surface area contributed by atoms with Crippen LogP contribution in [0, 0.1) is 5.92 Å². The third kappa shape index (κ3) is 5.98. The maximum Gasteiger partial charge on any atom is 0.251 e. The monoisotopic (exact) mass is 493 g/mol. The molecule has 8 nitrogen and oxygen atoms in total. The molecule has 0 aromatic heterocycles. The second-order valence-electron chi connectivity index (χ2n) is 9.46. The van der Waals surface area contributed by atoms with Gasteiger partial charge < -0.3 is 25.0 Å². The highest BCUT2D eigenvalue weighted by Gasteiger charge is 2.38. The molecular weight excluding hydrogens is 458 g/mol. The summed E-state index contributed by atoms with van der Waals surface area (Å²) in [5.41, 5.74) is 1.21. The van der Waals surface area contributed by atoms with Crippen LogP contribution in [-0.4, -0.2) is 49.4 Å². The number of likely N-dealkylation sites (tertiary alicyclic amines) is 1. The summed E-state index contributed by atoms with van der Waals surface area (Å²) in [5, 5.41) is 5.81. The number of benzene rings is 2. The number of carbonyl (C=O) groups is 3.